The average molecular weight is 428 g/mol. The second-order valence-corrected chi connectivity index (χ2v) is 7.26. The van der Waals surface area contributed by atoms with E-state index in [1.165, 1.54) is 0 Å². The SMILES string of the molecule is COc1ccc(C(OCC(C#N)(C#N)CO)(c2ccccc2)c2ccc(OC)cc2)cc1. The van der Waals surface area contributed by atoms with Gasteiger partial charge in [0.1, 0.15) is 17.1 Å². The smallest absolute Gasteiger partial charge is 0.189 e. The van der Waals surface area contributed by atoms with E-state index >= 15 is 0 Å². The molecule has 0 saturated carbocycles. The minimum Gasteiger partial charge on any atom is -0.497 e. The van der Waals surface area contributed by atoms with Crippen LogP contribution in [0.15, 0.2) is 78.9 Å². The number of benzene rings is 3. The van der Waals surface area contributed by atoms with Crippen molar-refractivity contribution in [3.05, 3.63) is 95.6 Å². The third-order valence-electron chi connectivity index (χ3n) is 5.41. The largest absolute Gasteiger partial charge is 0.497 e. The summed E-state index contributed by atoms with van der Waals surface area (Å²) < 4.78 is 17.1. The molecular weight excluding hydrogens is 404 g/mol. The summed E-state index contributed by atoms with van der Waals surface area (Å²) in [4.78, 5) is 0. The maximum absolute atomic E-state index is 9.76. The van der Waals surface area contributed by atoms with Crippen molar-refractivity contribution >= 4 is 0 Å². The normalized spacial score (nSPS) is 11.3. The highest BCUT2D eigenvalue weighted by Crippen LogP contribution is 2.42. The summed E-state index contributed by atoms with van der Waals surface area (Å²) >= 11 is 0. The van der Waals surface area contributed by atoms with Gasteiger partial charge in [0.15, 0.2) is 5.41 Å². The molecule has 0 fully saturated rings. The Kier molecular flexibility index (Phi) is 7.12. The van der Waals surface area contributed by atoms with E-state index in [-0.39, 0.29) is 6.61 Å². The number of rotatable bonds is 9. The molecule has 0 aliphatic rings. The summed E-state index contributed by atoms with van der Waals surface area (Å²) in [5.74, 6) is 1.37. The number of hydrogen-bond donors (Lipinski definition) is 1. The first-order valence-electron chi connectivity index (χ1n) is 9.99. The molecule has 3 aromatic rings. The number of aliphatic hydroxyl groups excluding tert-OH is 1. The van der Waals surface area contributed by atoms with Gasteiger partial charge in [-0.25, -0.2) is 0 Å². The molecule has 6 heteroatoms. The zero-order chi connectivity index (χ0) is 23.0. The van der Waals surface area contributed by atoms with Crippen molar-refractivity contribution in [2.75, 3.05) is 27.4 Å². The molecule has 6 nitrogen and oxygen atoms in total. The second-order valence-electron chi connectivity index (χ2n) is 7.26. The van der Waals surface area contributed by atoms with Gasteiger partial charge in [0.25, 0.3) is 0 Å². The number of nitrogens with zero attached hydrogens (tertiary/aromatic N) is 2. The summed E-state index contributed by atoms with van der Waals surface area (Å²) in [7, 11) is 3.18. The number of ether oxygens (including phenoxy) is 3. The molecule has 0 aromatic heterocycles. The van der Waals surface area contributed by atoms with Crippen molar-refractivity contribution < 1.29 is 19.3 Å². The van der Waals surface area contributed by atoms with E-state index in [1.807, 2.05) is 91.0 Å². The van der Waals surface area contributed by atoms with E-state index < -0.39 is 17.6 Å². The van der Waals surface area contributed by atoms with Crippen molar-refractivity contribution in [3.8, 4) is 23.6 Å². The molecular formula is C26H24N2O4. The zero-order valence-electron chi connectivity index (χ0n) is 18.0. The van der Waals surface area contributed by atoms with Gasteiger partial charge < -0.3 is 19.3 Å². The second kappa shape index (κ2) is 9.98. The van der Waals surface area contributed by atoms with Crippen LogP contribution in [0.25, 0.3) is 0 Å². The molecule has 3 aromatic carbocycles. The Labute approximate surface area is 187 Å². The Bertz CT molecular complexity index is 1040. The van der Waals surface area contributed by atoms with Crippen molar-refractivity contribution in [3.63, 3.8) is 0 Å². The first-order chi connectivity index (χ1) is 15.6. The summed E-state index contributed by atoms with van der Waals surface area (Å²) in [6.45, 7) is -0.945. The van der Waals surface area contributed by atoms with E-state index in [0.717, 1.165) is 16.7 Å². The lowest BCUT2D eigenvalue weighted by Gasteiger charge is -2.37. The van der Waals surface area contributed by atoms with E-state index in [4.69, 9.17) is 14.2 Å². The molecule has 0 unspecified atom stereocenters. The monoisotopic (exact) mass is 428 g/mol. The predicted octanol–water partition coefficient (Wildman–Crippen LogP) is 4.04. The molecule has 162 valence electrons. The Morgan fingerprint density at radius 1 is 0.719 bits per heavy atom. The van der Waals surface area contributed by atoms with Crippen LogP contribution in [-0.4, -0.2) is 32.5 Å². The van der Waals surface area contributed by atoms with Crippen LogP contribution in [0.4, 0.5) is 0 Å². The molecule has 32 heavy (non-hydrogen) atoms. The van der Waals surface area contributed by atoms with E-state index in [0.29, 0.717) is 11.5 Å². The zero-order valence-corrected chi connectivity index (χ0v) is 18.0. The lowest BCUT2D eigenvalue weighted by Crippen LogP contribution is -2.38. The third-order valence-corrected chi connectivity index (χ3v) is 5.41. The van der Waals surface area contributed by atoms with Crippen molar-refractivity contribution in [1.82, 2.24) is 0 Å². The highest BCUT2D eigenvalue weighted by molar-refractivity contribution is 5.49. The van der Waals surface area contributed by atoms with Crippen molar-refractivity contribution in [2.24, 2.45) is 5.41 Å². The van der Waals surface area contributed by atoms with Crippen LogP contribution in [0, 0.1) is 28.1 Å². The van der Waals surface area contributed by atoms with Gasteiger partial charge in [-0.2, -0.15) is 10.5 Å². The molecule has 3 rings (SSSR count). The first-order valence-corrected chi connectivity index (χ1v) is 9.99. The standard InChI is InChI=1S/C26H24N2O4/c1-30-23-12-8-21(9-13-23)26(20-6-4-3-5-7-20,22-10-14-24(31-2)15-11-22)32-19-25(16-27,17-28)18-29/h3-15,29H,18-19H2,1-2H3. The van der Waals surface area contributed by atoms with Gasteiger partial charge in [-0.15, -0.1) is 0 Å². The average Bonchev–Trinajstić information content (AvgIpc) is 2.88. The predicted molar refractivity (Wildman–Crippen MR) is 119 cm³/mol. The van der Waals surface area contributed by atoms with Crippen LogP contribution in [0.2, 0.25) is 0 Å². The van der Waals surface area contributed by atoms with Gasteiger partial charge >= 0.3 is 0 Å². The summed E-state index contributed by atoms with van der Waals surface area (Å²) in [6.07, 6.45) is 0. The molecule has 0 bridgehead atoms. The third kappa shape index (κ3) is 4.29. The van der Waals surface area contributed by atoms with E-state index in [9.17, 15) is 15.6 Å². The van der Waals surface area contributed by atoms with Gasteiger partial charge in [0, 0.05) is 0 Å². The first kappa shape index (κ1) is 22.8. The fourth-order valence-corrected chi connectivity index (χ4v) is 3.51. The van der Waals surface area contributed by atoms with Crippen molar-refractivity contribution in [1.29, 1.82) is 10.5 Å². The van der Waals surface area contributed by atoms with Crippen LogP contribution in [-0.2, 0) is 10.3 Å². The fraction of sp³-hybridized carbons (Fsp3) is 0.231. The number of aliphatic hydroxyl groups is 1. The Hall–Kier alpha value is -3.84. The highest BCUT2D eigenvalue weighted by atomic mass is 16.5. The number of hydrogen-bond acceptors (Lipinski definition) is 6. The molecule has 0 spiro atoms. The molecule has 0 aliphatic carbocycles. The molecule has 0 saturated heterocycles. The number of methoxy groups -OCH3 is 2. The number of nitriles is 2. The van der Waals surface area contributed by atoms with Gasteiger partial charge in [-0.3, -0.25) is 0 Å². The summed E-state index contributed by atoms with van der Waals surface area (Å²) in [5.41, 5.74) is -0.500. The van der Waals surface area contributed by atoms with Gasteiger partial charge in [-0.05, 0) is 41.0 Å². The summed E-state index contributed by atoms with van der Waals surface area (Å²) in [6, 6.07) is 28.2. The Morgan fingerprint density at radius 2 is 1.16 bits per heavy atom. The van der Waals surface area contributed by atoms with E-state index in [1.54, 1.807) is 14.2 Å². The van der Waals surface area contributed by atoms with Crippen LogP contribution < -0.4 is 9.47 Å². The lowest BCUT2D eigenvalue weighted by atomic mass is 9.79. The lowest BCUT2D eigenvalue weighted by molar-refractivity contribution is -0.0237. The maximum atomic E-state index is 9.76. The molecule has 0 amide bonds. The Morgan fingerprint density at radius 3 is 1.53 bits per heavy atom. The minimum atomic E-state index is -1.70. The van der Waals surface area contributed by atoms with E-state index in [2.05, 4.69) is 0 Å². The Balaban J connectivity index is 2.26. The molecule has 0 atom stereocenters. The quantitative estimate of drug-likeness (QED) is 0.517. The fourth-order valence-electron chi connectivity index (χ4n) is 3.51. The van der Waals surface area contributed by atoms with Gasteiger partial charge in [0.05, 0.1) is 39.6 Å². The van der Waals surface area contributed by atoms with Crippen molar-refractivity contribution in [2.45, 2.75) is 5.60 Å². The summed E-state index contributed by atoms with van der Waals surface area (Å²) in [5, 5.41) is 28.9. The topological polar surface area (TPSA) is 95.5 Å². The van der Waals surface area contributed by atoms with Gasteiger partial charge in [0.2, 0.25) is 0 Å². The van der Waals surface area contributed by atoms with Gasteiger partial charge in [-0.1, -0.05) is 54.6 Å². The highest BCUT2D eigenvalue weighted by Gasteiger charge is 2.41. The van der Waals surface area contributed by atoms with Crippen LogP contribution in [0.5, 0.6) is 11.5 Å². The van der Waals surface area contributed by atoms with Crippen LogP contribution in [0.3, 0.4) is 0 Å². The molecule has 0 heterocycles. The maximum Gasteiger partial charge on any atom is 0.189 e. The van der Waals surface area contributed by atoms with Crippen LogP contribution >= 0.6 is 0 Å². The molecule has 0 radical (unpaired) electrons. The minimum absolute atomic E-state index is 0.302. The van der Waals surface area contributed by atoms with Crippen LogP contribution in [0.1, 0.15) is 16.7 Å². The molecule has 1 N–H and O–H groups in total. The molecule has 0 aliphatic heterocycles.